The summed E-state index contributed by atoms with van der Waals surface area (Å²) in [5.41, 5.74) is 1.34. The van der Waals surface area contributed by atoms with E-state index in [1.807, 2.05) is 18.0 Å². The van der Waals surface area contributed by atoms with Crippen molar-refractivity contribution in [3.05, 3.63) is 35.9 Å². The number of benzene rings is 1. The predicted molar refractivity (Wildman–Crippen MR) is 79.6 cm³/mol. The van der Waals surface area contributed by atoms with Gasteiger partial charge in [0.1, 0.15) is 0 Å². The first kappa shape index (κ1) is 15.0. The van der Waals surface area contributed by atoms with Gasteiger partial charge in [-0.1, -0.05) is 37.3 Å². The average Bonchev–Trinajstić information content (AvgIpc) is 2.39. The van der Waals surface area contributed by atoms with Crippen LogP contribution in [0.2, 0.25) is 0 Å². The second-order valence-electron chi connectivity index (χ2n) is 5.86. The van der Waals surface area contributed by atoms with E-state index < -0.39 is 5.97 Å². The van der Waals surface area contributed by atoms with Gasteiger partial charge >= 0.3 is 5.97 Å². The molecule has 1 aliphatic rings. The van der Waals surface area contributed by atoms with Crippen LogP contribution >= 0.6 is 0 Å². The van der Waals surface area contributed by atoms with Crippen molar-refractivity contribution >= 4 is 5.97 Å². The summed E-state index contributed by atoms with van der Waals surface area (Å²) in [6, 6.07) is 10.9. The summed E-state index contributed by atoms with van der Waals surface area (Å²) >= 11 is 0. The van der Waals surface area contributed by atoms with Crippen LogP contribution in [-0.2, 0) is 11.3 Å². The van der Waals surface area contributed by atoms with E-state index in [2.05, 4.69) is 36.1 Å². The molecule has 0 spiro atoms. The quantitative estimate of drug-likeness (QED) is 0.892. The van der Waals surface area contributed by atoms with Crippen LogP contribution in [0.25, 0.3) is 0 Å². The highest BCUT2D eigenvalue weighted by Crippen LogP contribution is 2.22. The van der Waals surface area contributed by atoms with Crippen LogP contribution in [0.4, 0.5) is 0 Å². The molecule has 1 saturated heterocycles. The van der Waals surface area contributed by atoms with Crippen LogP contribution in [0, 0.1) is 5.92 Å². The van der Waals surface area contributed by atoms with Gasteiger partial charge in [0.15, 0.2) is 0 Å². The fraction of sp³-hybridized carbons (Fsp3) is 0.562. The van der Waals surface area contributed by atoms with Gasteiger partial charge in [0, 0.05) is 19.1 Å². The fourth-order valence-corrected chi connectivity index (χ4v) is 3.19. The van der Waals surface area contributed by atoms with Gasteiger partial charge in [0.05, 0.1) is 6.54 Å². The van der Waals surface area contributed by atoms with Crippen LogP contribution in [0.15, 0.2) is 30.3 Å². The number of carboxylic acids is 1. The number of piperidine rings is 1. The lowest BCUT2D eigenvalue weighted by molar-refractivity contribution is -0.139. The van der Waals surface area contributed by atoms with Crippen molar-refractivity contribution in [3.8, 4) is 0 Å². The van der Waals surface area contributed by atoms with Gasteiger partial charge in [-0.3, -0.25) is 14.6 Å². The van der Waals surface area contributed by atoms with E-state index >= 15 is 0 Å². The monoisotopic (exact) mass is 276 g/mol. The van der Waals surface area contributed by atoms with E-state index in [4.69, 9.17) is 5.11 Å². The van der Waals surface area contributed by atoms with E-state index in [1.54, 1.807) is 0 Å². The molecule has 1 N–H and O–H groups in total. The number of rotatable bonds is 5. The normalized spacial score (nSPS) is 23.9. The molecule has 1 aromatic carbocycles. The Balaban J connectivity index is 1.87. The lowest BCUT2D eigenvalue weighted by atomic mass is 9.92. The van der Waals surface area contributed by atoms with Crippen molar-refractivity contribution in [3.63, 3.8) is 0 Å². The molecule has 1 heterocycles. The number of nitrogens with zero attached hydrogens (tertiary/aromatic N) is 2. The Hall–Kier alpha value is -1.39. The smallest absolute Gasteiger partial charge is 0.317 e. The highest BCUT2D eigenvalue weighted by atomic mass is 16.4. The molecular formula is C16H24N2O2. The van der Waals surface area contributed by atoms with E-state index in [-0.39, 0.29) is 6.54 Å². The van der Waals surface area contributed by atoms with Crippen LogP contribution in [0.5, 0.6) is 0 Å². The maximum Gasteiger partial charge on any atom is 0.317 e. The Morgan fingerprint density at radius 3 is 2.70 bits per heavy atom. The molecule has 0 saturated carbocycles. The molecule has 4 heteroatoms. The van der Waals surface area contributed by atoms with Gasteiger partial charge in [-0.15, -0.1) is 0 Å². The molecule has 0 aromatic heterocycles. The Bertz CT molecular complexity index is 435. The summed E-state index contributed by atoms with van der Waals surface area (Å²) in [5, 5.41) is 8.90. The third kappa shape index (κ3) is 4.05. The number of hydrogen-bond donors (Lipinski definition) is 1. The first-order chi connectivity index (χ1) is 9.56. The molecule has 20 heavy (non-hydrogen) atoms. The van der Waals surface area contributed by atoms with Crippen LogP contribution in [-0.4, -0.2) is 53.6 Å². The van der Waals surface area contributed by atoms with Crippen molar-refractivity contribution in [2.75, 3.05) is 26.7 Å². The lowest BCUT2D eigenvalue weighted by Crippen LogP contribution is -2.49. The molecule has 1 aliphatic heterocycles. The topological polar surface area (TPSA) is 43.8 Å². The Morgan fingerprint density at radius 2 is 2.10 bits per heavy atom. The summed E-state index contributed by atoms with van der Waals surface area (Å²) in [6.07, 6.45) is 1.04. The van der Waals surface area contributed by atoms with Crippen molar-refractivity contribution < 1.29 is 9.90 Å². The van der Waals surface area contributed by atoms with Gasteiger partial charge in [-0.25, -0.2) is 0 Å². The largest absolute Gasteiger partial charge is 0.480 e. The highest BCUT2D eigenvalue weighted by Gasteiger charge is 2.29. The van der Waals surface area contributed by atoms with Gasteiger partial charge in [0.25, 0.3) is 0 Å². The molecule has 1 aromatic rings. The average molecular weight is 276 g/mol. The zero-order valence-corrected chi connectivity index (χ0v) is 12.3. The second kappa shape index (κ2) is 6.86. The Kier molecular flexibility index (Phi) is 5.15. The van der Waals surface area contributed by atoms with Gasteiger partial charge < -0.3 is 5.11 Å². The summed E-state index contributed by atoms with van der Waals surface area (Å²) < 4.78 is 0. The Morgan fingerprint density at radius 1 is 1.40 bits per heavy atom. The van der Waals surface area contributed by atoms with Gasteiger partial charge in [0.2, 0.25) is 0 Å². The molecule has 0 bridgehead atoms. The lowest BCUT2D eigenvalue weighted by Gasteiger charge is -2.40. The minimum Gasteiger partial charge on any atom is -0.480 e. The Labute approximate surface area is 121 Å². The number of carboxylic acid groups (broad SMARTS) is 1. The van der Waals surface area contributed by atoms with Crippen molar-refractivity contribution in [2.45, 2.75) is 25.9 Å². The summed E-state index contributed by atoms with van der Waals surface area (Å²) in [5.74, 6) is -0.247. The van der Waals surface area contributed by atoms with Crippen LogP contribution < -0.4 is 0 Å². The van der Waals surface area contributed by atoms with E-state index in [1.165, 1.54) is 5.56 Å². The summed E-state index contributed by atoms with van der Waals surface area (Å²) in [7, 11) is 1.92. The maximum absolute atomic E-state index is 10.8. The highest BCUT2D eigenvalue weighted by molar-refractivity contribution is 5.69. The summed E-state index contributed by atoms with van der Waals surface area (Å²) in [6.45, 7) is 5.41. The van der Waals surface area contributed by atoms with Gasteiger partial charge in [-0.2, -0.15) is 0 Å². The first-order valence-corrected chi connectivity index (χ1v) is 7.24. The molecule has 0 amide bonds. The minimum atomic E-state index is -0.744. The number of aliphatic carboxylic acids is 1. The van der Waals surface area contributed by atoms with E-state index in [0.29, 0.717) is 12.0 Å². The van der Waals surface area contributed by atoms with Crippen molar-refractivity contribution in [1.29, 1.82) is 0 Å². The SMILES string of the molecule is C[C@H]1CN(Cc2ccccc2)CC[C@@H]1N(C)CC(=O)O. The molecule has 110 valence electrons. The molecule has 1 fully saturated rings. The molecule has 0 aliphatic carbocycles. The van der Waals surface area contributed by atoms with Gasteiger partial charge in [-0.05, 0) is 31.5 Å². The number of likely N-dealkylation sites (N-methyl/N-ethyl adjacent to an activating group) is 1. The first-order valence-electron chi connectivity index (χ1n) is 7.24. The van der Waals surface area contributed by atoms with Crippen molar-refractivity contribution in [1.82, 2.24) is 9.80 Å². The minimum absolute atomic E-state index is 0.133. The summed E-state index contributed by atoms with van der Waals surface area (Å²) in [4.78, 5) is 15.3. The van der Waals surface area contributed by atoms with Crippen LogP contribution in [0.1, 0.15) is 18.9 Å². The van der Waals surface area contributed by atoms with Crippen molar-refractivity contribution in [2.24, 2.45) is 5.92 Å². The fourth-order valence-electron chi connectivity index (χ4n) is 3.19. The second-order valence-corrected chi connectivity index (χ2v) is 5.86. The number of likely N-dealkylation sites (tertiary alicyclic amines) is 1. The van der Waals surface area contributed by atoms with E-state index in [0.717, 1.165) is 26.1 Å². The molecular weight excluding hydrogens is 252 g/mol. The molecule has 4 nitrogen and oxygen atoms in total. The zero-order chi connectivity index (χ0) is 14.5. The maximum atomic E-state index is 10.8. The third-order valence-corrected chi connectivity index (χ3v) is 4.14. The molecule has 2 rings (SSSR count). The number of hydrogen-bond acceptors (Lipinski definition) is 3. The zero-order valence-electron chi connectivity index (χ0n) is 12.3. The third-order valence-electron chi connectivity index (χ3n) is 4.14. The predicted octanol–water partition coefficient (Wildman–Crippen LogP) is 1.91. The molecule has 0 unspecified atom stereocenters. The molecule has 0 radical (unpaired) electrons. The van der Waals surface area contributed by atoms with E-state index in [9.17, 15) is 4.79 Å². The standard InChI is InChI=1S/C16H24N2O2/c1-13-10-18(11-14-6-4-3-5-7-14)9-8-15(13)17(2)12-16(19)20/h3-7,13,15H,8-12H2,1-2H3,(H,19,20)/t13-,15-/m0/s1. The molecule has 2 atom stereocenters. The number of carbonyl (C=O) groups is 1. The van der Waals surface area contributed by atoms with Crippen LogP contribution in [0.3, 0.4) is 0 Å².